The molecule has 2 aliphatic heterocycles. The van der Waals surface area contributed by atoms with Crippen molar-refractivity contribution in [3.8, 4) is 0 Å². The zero-order chi connectivity index (χ0) is 13.1. The van der Waals surface area contributed by atoms with Gasteiger partial charge in [-0.2, -0.15) is 13.2 Å². The van der Waals surface area contributed by atoms with Crippen LogP contribution in [0.2, 0.25) is 5.02 Å². The molecule has 1 aromatic rings. The van der Waals surface area contributed by atoms with E-state index >= 15 is 0 Å². The van der Waals surface area contributed by atoms with Crippen molar-refractivity contribution in [3.05, 3.63) is 45.6 Å². The fourth-order valence-electron chi connectivity index (χ4n) is 2.48. The number of rotatable bonds is 1. The van der Waals surface area contributed by atoms with E-state index in [1.165, 1.54) is 12.1 Å². The van der Waals surface area contributed by atoms with E-state index in [1.807, 2.05) is 0 Å². The molecule has 1 saturated heterocycles. The summed E-state index contributed by atoms with van der Waals surface area (Å²) in [4.78, 5) is 0. The van der Waals surface area contributed by atoms with Crippen molar-refractivity contribution in [2.75, 3.05) is 13.1 Å². The maximum absolute atomic E-state index is 12.9. The van der Waals surface area contributed by atoms with Crippen molar-refractivity contribution in [2.45, 2.75) is 12.2 Å². The van der Waals surface area contributed by atoms with Gasteiger partial charge in [0.05, 0.1) is 12.1 Å². The van der Waals surface area contributed by atoms with Crippen LogP contribution in [0.3, 0.4) is 0 Å². The summed E-state index contributed by atoms with van der Waals surface area (Å²) in [5.41, 5.74) is -0.166. The Hall–Kier alpha value is -1.04. The summed E-state index contributed by atoms with van der Waals surface area (Å²) < 4.78 is 38.4. The van der Waals surface area contributed by atoms with E-state index in [4.69, 9.17) is 11.6 Å². The second-order valence-corrected chi connectivity index (χ2v) is 5.12. The summed E-state index contributed by atoms with van der Waals surface area (Å²) in [5.74, 6) is 0. The number of hydroxylamine groups is 3. The normalized spacial score (nSPS) is 30.1. The molecule has 2 nitrogen and oxygen atoms in total. The van der Waals surface area contributed by atoms with Crippen LogP contribution in [0.4, 0.5) is 13.2 Å². The van der Waals surface area contributed by atoms with Crippen LogP contribution in [-0.4, -0.2) is 23.8 Å². The van der Waals surface area contributed by atoms with Crippen LogP contribution in [0.15, 0.2) is 24.3 Å². The van der Waals surface area contributed by atoms with E-state index in [0.29, 0.717) is 12.1 Å². The molecule has 3 rings (SSSR count). The summed E-state index contributed by atoms with van der Waals surface area (Å²) >= 11 is 5.62. The highest BCUT2D eigenvalue weighted by Gasteiger charge is 2.54. The fourth-order valence-corrected chi connectivity index (χ4v) is 2.65. The second-order valence-electron chi connectivity index (χ2n) is 4.68. The molecule has 0 aromatic heterocycles. The Bertz CT molecular complexity index is 555. The number of halogens is 4. The number of benzene rings is 1. The average molecular weight is 276 g/mol. The molecular weight excluding hydrogens is 267 g/mol. The average Bonchev–Trinajstić information content (AvgIpc) is 2.82. The zero-order valence-corrected chi connectivity index (χ0v) is 9.92. The first-order chi connectivity index (χ1) is 8.31. The molecular formula is C12H9ClF3NO. The Morgan fingerprint density at radius 3 is 2.56 bits per heavy atom. The molecule has 2 aliphatic rings. The minimum absolute atomic E-state index is 0.0448. The number of quaternary nitrogens is 1. The molecule has 1 fully saturated rings. The highest BCUT2D eigenvalue weighted by atomic mass is 35.5. The second kappa shape index (κ2) is 3.50. The number of fused-ring (bicyclic) bond motifs is 1. The lowest BCUT2D eigenvalue weighted by Crippen LogP contribution is -2.16. The molecule has 96 valence electrons. The van der Waals surface area contributed by atoms with Gasteiger partial charge in [-0.3, -0.25) is 0 Å². The standard InChI is InChI=1S/C12H9ClF3NO/c13-7-1-2-8(10(5-7)12(14,15)16)9-3-4-17(18)6-11(9)17/h1-3,5,11H,4,6H2. The van der Waals surface area contributed by atoms with Crippen LogP contribution in [0.5, 0.6) is 0 Å². The van der Waals surface area contributed by atoms with E-state index in [0.717, 1.165) is 6.07 Å². The van der Waals surface area contributed by atoms with Crippen LogP contribution < -0.4 is 0 Å². The van der Waals surface area contributed by atoms with E-state index in [9.17, 15) is 18.4 Å². The first-order valence-corrected chi connectivity index (χ1v) is 5.84. The maximum atomic E-state index is 12.9. The van der Waals surface area contributed by atoms with Gasteiger partial charge in [0.25, 0.3) is 0 Å². The minimum Gasteiger partial charge on any atom is -0.632 e. The molecule has 0 aliphatic carbocycles. The lowest BCUT2D eigenvalue weighted by Gasteiger charge is -2.18. The molecule has 0 N–H and O–H groups in total. The predicted molar refractivity (Wildman–Crippen MR) is 61.6 cm³/mol. The van der Waals surface area contributed by atoms with Gasteiger partial charge in [0, 0.05) is 10.6 Å². The van der Waals surface area contributed by atoms with Gasteiger partial charge in [-0.05, 0) is 23.8 Å². The van der Waals surface area contributed by atoms with E-state index in [-0.39, 0.29) is 23.2 Å². The Kier molecular flexibility index (Phi) is 2.33. The topological polar surface area (TPSA) is 23.1 Å². The maximum Gasteiger partial charge on any atom is 0.417 e. The van der Waals surface area contributed by atoms with E-state index in [2.05, 4.69) is 0 Å². The number of alkyl halides is 3. The largest absolute Gasteiger partial charge is 0.632 e. The number of nitrogens with zero attached hydrogens (tertiary/aromatic N) is 1. The van der Waals surface area contributed by atoms with Gasteiger partial charge in [-0.25, -0.2) is 0 Å². The monoisotopic (exact) mass is 275 g/mol. The quantitative estimate of drug-likeness (QED) is 0.437. The highest BCUT2D eigenvalue weighted by molar-refractivity contribution is 6.30. The van der Waals surface area contributed by atoms with Crippen LogP contribution in [0, 0.1) is 5.21 Å². The smallest absolute Gasteiger partial charge is 0.417 e. The molecule has 2 atom stereocenters. The third-order valence-corrected chi connectivity index (χ3v) is 3.73. The molecule has 6 heteroatoms. The molecule has 0 saturated carbocycles. The van der Waals surface area contributed by atoms with Crippen molar-refractivity contribution in [1.82, 2.24) is 0 Å². The van der Waals surface area contributed by atoms with Crippen LogP contribution in [0.25, 0.3) is 5.57 Å². The Morgan fingerprint density at radius 1 is 1.33 bits per heavy atom. The van der Waals surface area contributed by atoms with Crippen molar-refractivity contribution < 1.29 is 17.8 Å². The molecule has 0 radical (unpaired) electrons. The Morgan fingerprint density at radius 2 is 2.06 bits per heavy atom. The van der Waals surface area contributed by atoms with Gasteiger partial charge in [-0.15, -0.1) is 0 Å². The van der Waals surface area contributed by atoms with Gasteiger partial charge in [0.15, 0.2) is 6.04 Å². The molecule has 18 heavy (non-hydrogen) atoms. The molecule has 0 spiro atoms. The van der Waals surface area contributed by atoms with Gasteiger partial charge in [-0.1, -0.05) is 17.7 Å². The van der Waals surface area contributed by atoms with Crippen LogP contribution in [0.1, 0.15) is 11.1 Å². The minimum atomic E-state index is -4.46. The van der Waals surface area contributed by atoms with Gasteiger partial charge in [0.1, 0.15) is 6.54 Å². The van der Waals surface area contributed by atoms with Crippen molar-refractivity contribution >= 4 is 17.2 Å². The molecule has 0 amide bonds. The Balaban J connectivity index is 2.08. The van der Waals surface area contributed by atoms with Crippen LogP contribution >= 0.6 is 11.6 Å². The van der Waals surface area contributed by atoms with Crippen molar-refractivity contribution in [3.63, 3.8) is 0 Å². The number of hydrogen-bond donors (Lipinski definition) is 0. The van der Waals surface area contributed by atoms with Crippen molar-refractivity contribution in [2.24, 2.45) is 0 Å². The first-order valence-electron chi connectivity index (χ1n) is 5.46. The Labute approximate surface area is 106 Å². The lowest BCUT2D eigenvalue weighted by atomic mass is 9.97. The molecule has 2 unspecified atom stereocenters. The van der Waals surface area contributed by atoms with Gasteiger partial charge in [0.2, 0.25) is 0 Å². The van der Waals surface area contributed by atoms with Crippen LogP contribution in [-0.2, 0) is 6.18 Å². The van der Waals surface area contributed by atoms with Gasteiger partial charge >= 0.3 is 6.18 Å². The summed E-state index contributed by atoms with van der Waals surface area (Å²) in [6.45, 7) is 0.645. The molecule has 1 aromatic carbocycles. The predicted octanol–water partition coefficient (Wildman–Crippen LogP) is 3.45. The highest BCUT2D eigenvalue weighted by Crippen LogP contribution is 2.47. The SMILES string of the molecule is [O-][N+]12CC=C(c3ccc(Cl)cc3C(F)(F)F)C1C2. The van der Waals surface area contributed by atoms with E-state index in [1.54, 1.807) is 6.08 Å². The first kappa shape index (κ1) is 12.0. The van der Waals surface area contributed by atoms with E-state index < -0.39 is 16.4 Å². The number of hydrogen-bond acceptors (Lipinski definition) is 1. The summed E-state index contributed by atoms with van der Waals surface area (Å²) in [6, 6.07) is 3.36. The summed E-state index contributed by atoms with van der Waals surface area (Å²) in [6.07, 6.45) is -2.85. The van der Waals surface area contributed by atoms with Gasteiger partial charge < -0.3 is 9.85 Å². The summed E-state index contributed by atoms with van der Waals surface area (Å²) in [7, 11) is 0. The molecule has 2 heterocycles. The fraction of sp³-hybridized carbons (Fsp3) is 0.333. The van der Waals surface area contributed by atoms with Crippen molar-refractivity contribution in [1.29, 1.82) is 0 Å². The molecule has 0 bridgehead atoms. The third kappa shape index (κ3) is 1.74. The summed E-state index contributed by atoms with van der Waals surface area (Å²) in [5, 5.41) is 11.8. The zero-order valence-electron chi connectivity index (χ0n) is 9.17. The third-order valence-electron chi connectivity index (χ3n) is 3.49. The lowest BCUT2D eigenvalue weighted by molar-refractivity contribution is -0.742.